The number of carbonyl (C=O) groups excluding carboxylic acids is 1. The normalized spacial score (nSPS) is 10.6. The number of ether oxygens (including phenoxy) is 2. The second kappa shape index (κ2) is 10.0. The van der Waals surface area contributed by atoms with Gasteiger partial charge in [-0.2, -0.15) is 0 Å². The number of halogens is 2. The van der Waals surface area contributed by atoms with Crippen molar-refractivity contribution in [1.29, 1.82) is 0 Å². The second-order valence-corrected chi connectivity index (χ2v) is 8.68. The molecule has 0 radical (unpaired) electrons. The van der Waals surface area contributed by atoms with Crippen molar-refractivity contribution in [1.82, 2.24) is 10.2 Å². The molecule has 1 heterocycles. The highest BCUT2D eigenvalue weighted by Crippen LogP contribution is 2.37. The van der Waals surface area contributed by atoms with Gasteiger partial charge in [-0.05, 0) is 46.6 Å². The third kappa shape index (κ3) is 5.46. The predicted octanol–water partition coefficient (Wildman–Crippen LogP) is 5.39. The van der Waals surface area contributed by atoms with E-state index in [0.717, 1.165) is 0 Å². The molecule has 1 N–H and O–H groups in total. The maximum absolute atomic E-state index is 13.7. The number of hydrogen-bond donors (Lipinski definition) is 1. The zero-order chi connectivity index (χ0) is 20.8. The van der Waals surface area contributed by atoms with E-state index >= 15 is 0 Å². The molecule has 0 unspecified atom stereocenters. The van der Waals surface area contributed by atoms with Crippen molar-refractivity contribution in [3.05, 3.63) is 57.8 Å². The lowest BCUT2D eigenvalue weighted by Crippen LogP contribution is -2.12. The minimum Gasteiger partial charge on any atom is -0.493 e. The maximum Gasteiger partial charge on any atom is 0.257 e. The first-order valence-electron chi connectivity index (χ1n) is 8.53. The SMILES string of the molecule is CCOc1c(Br)cc(C(=O)Nc2nnc(SCc3ccccc3F)s2)cc1OC. The van der Waals surface area contributed by atoms with Gasteiger partial charge < -0.3 is 9.47 Å². The molecule has 10 heteroatoms. The van der Waals surface area contributed by atoms with E-state index in [0.29, 0.717) is 48.9 Å². The summed E-state index contributed by atoms with van der Waals surface area (Å²) in [4.78, 5) is 12.6. The predicted molar refractivity (Wildman–Crippen MR) is 116 cm³/mol. The number of rotatable bonds is 8. The number of anilines is 1. The summed E-state index contributed by atoms with van der Waals surface area (Å²) >= 11 is 5.98. The fourth-order valence-corrected chi connectivity index (χ4v) is 4.67. The van der Waals surface area contributed by atoms with Crippen LogP contribution in [0.2, 0.25) is 0 Å². The molecule has 152 valence electrons. The van der Waals surface area contributed by atoms with Gasteiger partial charge in [-0.1, -0.05) is 41.3 Å². The average Bonchev–Trinajstić information content (AvgIpc) is 3.16. The van der Waals surface area contributed by atoms with Gasteiger partial charge in [-0.25, -0.2) is 4.39 Å². The average molecular weight is 498 g/mol. The topological polar surface area (TPSA) is 73.3 Å². The molecule has 0 spiro atoms. The number of thioether (sulfide) groups is 1. The third-order valence-electron chi connectivity index (χ3n) is 3.72. The van der Waals surface area contributed by atoms with Crippen molar-refractivity contribution in [2.24, 2.45) is 0 Å². The summed E-state index contributed by atoms with van der Waals surface area (Å²) in [5.41, 5.74) is 0.970. The number of hydrogen-bond acceptors (Lipinski definition) is 7. The van der Waals surface area contributed by atoms with Crippen LogP contribution in [0, 0.1) is 5.82 Å². The van der Waals surface area contributed by atoms with Crippen LogP contribution >= 0.6 is 39.0 Å². The fourth-order valence-electron chi connectivity index (χ4n) is 2.38. The first kappa shape index (κ1) is 21.5. The Labute approximate surface area is 184 Å². The Morgan fingerprint density at radius 2 is 2.10 bits per heavy atom. The van der Waals surface area contributed by atoms with Crippen molar-refractivity contribution >= 4 is 50.1 Å². The van der Waals surface area contributed by atoms with E-state index in [9.17, 15) is 9.18 Å². The van der Waals surface area contributed by atoms with Gasteiger partial charge in [0.1, 0.15) is 5.82 Å². The molecule has 0 saturated heterocycles. The summed E-state index contributed by atoms with van der Waals surface area (Å²) in [6, 6.07) is 9.83. The summed E-state index contributed by atoms with van der Waals surface area (Å²) < 4.78 is 25.8. The van der Waals surface area contributed by atoms with E-state index in [-0.39, 0.29) is 11.7 Å². The number of benzene rings is 2. The lowest BCUT2D eigenvalue weighted by atomic mass is 10.2. The molecule has 3 aromatic rings. The van der Waals surface area contributed by atoms with Gasteiger partial charge in [-0.15, -0.1) is 10.2 Å². The molecule has 0 fully saturated rings. The van der Waals surface area contributed by atoms with Crippen molar-refractivity contribution in [2.75, 3.05) is 19.0 Å². The van der Waals surface area contributed by atoms with Crippen LogP contribution < -0.4 is 14.8 Å². The van der Waals surface area contributed by atoms with E-state index < -0.39 is 0 Å². The van der Waals surface area contributed by atoms with Crippen LogP contribution in [0.4, 0.5) is 9.52 Å². The minimum atomic E-state index is -0.353. The van der Waals surface area contributed by atoms with E-state index in [1.807, 2.05) is 6.92 Å². The molecule has 1 aromatic heterocycles. The number of nitrogens with one attached hydrogen (secondary N) is 1. The molecule has 0 aliphatic rings. The van der Waals surface area contributed by atoms with Crippen LogP contribution in [0.5, 0.6) is 11.5 Å². The quantitative estimate of drug-likeness (QED) is 0.332. The third-order valence-corrected chi connectivity index (χ3v) is 6.33. The number of carbonyl (C=O) groups is 1. The molecule has 0 aliphatic carbocycles. The van der Waals surface area contributed by atoms with Gasteiger partial charge in [0.2, 0.25) is 5.13 Å². The highest BCUT2D eigenvalue weighted by Gasteiger charge is 2.17. The molecule has 0 atom stereocenters. The number of aromatic nitrogens is 2. The van der Waals surface area contributed by atoms with Crippen LogP contribution in [-0.4, -0.2) is 29.8 Å². The monoisotopic (exact) mass is 497 g/mol. The van der Waals surface area contributed by atoms with Crippen molar-refractivity contribution < 1.29 is 18.7 Å². The van der Waals surface area contributed by atoms with Crippen LogP contribution in [0.1, 0.15) is 22.8 Å². The molecule has 0 aliphatic heterocycles. The molecule has 1 amide bonds. The van der Waals surface area contributed by atoms with E-state index in [1.165, 1.54) is 36.3 Å². The van der Waals surface area contributed by atoms with Gasteiger partial charge >= 0.3 is 0 Å². The summed E-state index contributed by atoms with van der Waals surface area (Å²) in [6.07, 6.45) is 0. The Balaban J connectivity index is 1.67. The molecule has 3 rings (SSSR count). The first-order chi connectivity index (χ1) is 14.0. The van der Waals surface area contributed by atoms with E-state index in [1.54, 1.807) is 30.3 Å². The van der Waals surface area contributed by atoms with Crippen LogP contribution in [-0.2, 0) is 5.75 Å². The van der Waals surface area contributed by atoms with Crippen LogP contribution in [0.3, 0.4) is 0 Å². The lowest BCUT2D eigenvalue weighted by molar-refractivity contribution is 0.102. The number of nitrogens with zero attached hydrogens (tertiary/aromatic N) is 2. The Morgan fingerprint density at radius 3 is 2.83 bits per heavy atom. The van der Waals surface area contributed by atoms with Crippen LogP contribution in [0.25, 0.3) is 0 Å². The summed E-state index contributed by atoms with van der Waals surface area (Å²) in [7, 11) is 1.51. The minimum absolute atomic E-state index is 0.256. The van der Waals surface area contributed by atoms with Crippen molar-refractivity contribution in [3.8, 4) is 11.5 Å². The molecule has 2 aromatic carbocycles. The van der Waals surface area contributed by atoms with Crippen molar-refractivity contribution in [2.45, 2.75) is 17.0 Å². The van der Waals surface area contributed by atoms with Gasteiger partial charge in [0.05, 0.1) is 18.2 Å². The second-order valence-electron chi connectivity index (χ2n) is 5.63. The molecular formula is C19H17BrFN3O3S2. The molecular weight excluding hydrogens is 481 g/mol. The largest absolute Gasteiger partial charge is 0.493 e. The molecule has 6 nitrogen and oxygen atoms in total. The standard InChI is InChI=1S/C19H17BrFN3O3S2/c1-3-27-16-13(20)8-12(9-15(16)26-2)17(25)22-18-23-24-19(29-18)28-10-11-6-4-5-7-14(11)21/h4-9H,3,10H2,1-2H3,(H,22,23,25). The van der Waals surface area contributed by atoms with Gasteiger partial charge in [0, 0.05) is 11.3 Å². The van der Waals surface area contributed by atoms with Gasteiger partial charge in [0.25, 0.3) is 5.91 Å². The molecule has 29 heavy (non-hydrogen) atoms. The number of amides is 1. The summed E-state index contributed by atoms with van der Waals surface area (Å²) in [5.74, 6) is 0.805. The van der Waals surface area contributed by atoms with E-state index in [4.69, 9.17) is 9.47 Å². The van der Waals surface area contributed by atoms with Gasteiger partial charge in [0.15, 0.2) is 15.8 Å². The Bertz CT molecular complexity index is 1020. The highest BCUT2D eigenvalue weighted by atomic mass is 79.9. The van der Waals surface area contributed by atoms with Crippen LogP contribution in [0.15, 0.2) is 45.2 Å². The summed E-state index contributed by atoms with van der Waals surface area (Å²) in [5, 5.41) is 11.1. The zero-order valence-corrected chi connectivity index (χ0v) is 18.8. The molecule has 0 saturated carbocycles. The Hall–Kier alpha value is -2.17. The Morgan fingerprint density at radius 1 is 1.31 bits per heavy atom. The lowest BCUT2D eigenvalue weighted by Gasteiger charge is -2.12. The summed E-state index contributed by atoms with van der Waals surface area (Å²) in [6.45, 7) is 2.34. The van der Waals surface area contributed by atoms with Gasteiger partial charge in [-0.3, -0.25) is 10.1 Å². The van der Waals surface area contributed by atoms with Crippen molar-refractivity contribution in [3.63, 3.8) is 0 Å². The first-order valence-corrected chi connectivity index (χ1v) is 11.1. The fraction of sp³-hybridized carbons (Fsp3) is 0.211. The smallest absolute Gasteiger partial charge is 0.257 e. The number of methoxy groups -OCH3 is 1. The Kier molecular flexibility index (Phi) is 7.45. The molecule has 0 bridgehead atoms. The highest BCUT2D eigenvalue weighted by molar-refractivity contribution is 9.10. The zero-order valence-electron chi connectivity index (χ0n) is 15.6. The maximum atomic E-state index is 13.7. The van der Waals surface area contributed by atoms with E-state index in [2.05, 4.69) is 31.4 Å².